The Kier molecular flexibility index (Phi) is 9.42. The summed E-state index contributed by atoms with van der Waals surface area (Å²) in [5.74, 6) is 1.50. The molecule has 1 N–H and O–H groups in total. The molecule has 0 saturated heterocycles. The van der Waals surface area contributed by atoms with Gasteiger partial charge in [0.05, 0.1) is 5.52 Å². The van der Waals surface area contributed by atoms with Crippen LogP contribution < -0.4 is 0 Å². The smallest absolute Gasteiger partial charge is 0.164 e. The van der Waals surface area contributed by atoms with Gasteiger partial charge in [-0.15, -0.1) is 29.3 Å². The number of ketones is 1. The number of pyridine rings is 1. The Labute approximate surface area is 281 Å². The van der Waals surface area contributed by atoms with E-state index in [0.29, 0.717) is 5.92 Å². The van der Waals surface area contributed by atoms with Crippen LogP contribution in [-0.2, 0) is 30.3 Å². The van der Waals surface area contributed by atoms with Crippen molar-refractivity contribution in [1.29, 1.82) is 0 Å². The summed E-state index contributed by atoms with van der Waals surface area (Å²) in [4.78, 5) is 16.6. The van der Waals surface area contributed by atoms with Crippen LogP contribution in [0, 0.1) is 16.9 Å². The van der Waals surface area contributed by atoms with Gasteiger partial charge >= 0.3 is 0 Å². The molecule has 2 heterocycles. The summed E-state index contributed by atoms with van der Waals surface area (Å²) in [6.07, 6.45) is 1.33. The first-order valence-corrected chi connectivity index (χ1v) is 15.4. The van der Waals surface area contributed by atoms with Crippen molar-refractivity contribution in [3.63, 3.8) is 0 Å². The molecule has 237 valence electrons. The number of carbonyl (C=O) groups is 1. The minimum absolute atomic E-state index is 0. The zero-order valence-electron chi connectivity index (χ0n) is 28.0. The molecule has 0 saturated carbocycles. The number of furan rings is 1. The number of aromatic nitrogens is 1. The van der Waals surface area contributed by atoms with E-state index in [-0.39, 0.29) is 42.5 Å². The Balaban J connectivity index is 0.000000283. The van der Waals surface area contributed by atoms with Crippen molar-refractivity contribution in [1.82, 2.24) is 4.98 Å². The van der Waals surface area contributed by atoms with E-state index < -0.39 is 5.41 Å². The number of allylic oxidation sites excluding steroid dienone is 2. The maximum atomic E-state index is 11.5. The second-order valence-corrected chi connectivity index (χ2v) is 14.7. The van der Waals surface area contributed by atoms with Gasteiger partial charge in [0.25, 0.3) is 0 Å². The van der Waals surface area contributed by atoms with Crippen LogP contribution in [0.25, 0.3) is 44.5 Å². The maximum Gasteiger partial charge on any atom is 0.164 e. The van der Waals surface area contributed by atoms with Crippen LogP contribution in [0.15, 0.2) is 83.0 Å². The molecule has 0 unspecified atom stereocenters. The number of fused-ring (bicyclic) bond motifs is 6. The molecule has 0 atom stereocenters. The summed E-state index contributed by atoms with van der Waals surface area (Å²) in [6, 6.07) is 26.7. The number of hydrogen-bond acceptors (Lipinski definition) is 4. The van der Waals surface area contributed by atoms with E-state index >= 15 is 0 Å². The van der Waals surface area contributed by atoms with Crippen LogP contribution in [0.1, 0.15) is 91.8 Å². The van der Waals surface area contributed by atoms with Crippen molar-refractivity contribution in [2.75, 3.05) is 0 Å². The van der Waals surface area contributed by atoms with E-state index in [0.717, 1.165) is 33.7 Å². The zero-order chi connectivity index (χ0) is 32.2. The third-order valence-corrected chi connectivity index (χ3v) is 8.49. The van der Waals surface area contributed by atoms with Gasteiger partial charge in [-0.3, -0.25) is 9.78 Å². The molecular formula is C40H44IrNO3-. The quantitative estimate of drug-likeness (QED) is 0.113. The first kappa shape index (κ1) is 34.3. The van der Waals surface area contributed by atoms with E-state index in [4.69, 9.17) is 9.40 Å². The van der Waals surface area contributed by atoms with E-state index in [1.165, 1.54) is 33.5 Å². The third-order valence-electron chi connectivity index (χ3n) is 8.49. The molecular weight excluding hydrogens is 735 g/mol. The Bertz CT molecular complexity index is 1910. The second kappa shape index (κ2) is 12.3. The van der Waals surface area contributed by atoms with Crippen LogP contribution in [0.5, 0.6) is 0 Å². The van der Waals surface area contributed by atoms with Crippen LogP contribution >= 0.6 is 0 Å². The average molecular weight is 779 g/mol. The Morgan fingerprint density at radius 3 is 2.16 bits per heavy atom. The molecule has 0 fully saturated rings. The number of rotatable bonds is 3. The Hall–Kier alpha value is -3.53. The summed E-state index contributed by atoms with van der Waals surface area (Å²) < 4.78 is 6.36. The van der Waals surface area contributed by atoms with Crippen molar-refractivity contribution in [3.8, 4) is 22.6 Å². The molecule has 5 aromatic rings. The van der Waals surface area contributed by atoms with Gasteiger partial charge in [0.15, 0.2) is 5.78 Å². The molecule has 1 radical (unpaired) electrons. The van der Waals surface area contributed by atoms with Crippen molar-refractivity contribution in [2.45, 2.75) is 80.6 Å². The minimum Gasteiger partial charge on any atom is -0.512 e. The molecule has 45 heavy (non-hydrogen) atoms. The van der Waals surface area contributed by atoms with Crippen LogP contribution in [0.2, 0.25) is 0 Å². The summed E-state index contributed by atoms with van der Waals surface area (Å²) in [7, 11) is 0. The standard InChI is InChI=1S/C29H24NO.C11H20O2.Ir/c1-17(2)22-16-24(30-23-14-7-5-10-18(22)23)19-12-9-13-21-26(19)29(3,4)27-20-11-6-8-15-25(20)31-28(21)27;1-10(2,3)8(12)7-9(13)11(4,5)6;/h5-11,13-17H,1-4H3;7,12H,1-6H3;/q-1;;/b;8-7-;. The normalized spacial score (nSPS) is 14.1. The number of carbonyl (C=O) groups excluding carboxylic acids is 1. The van der Waals surface area contributed by atoms with Gasteiger partial charge in [-0.1, -0.05) is 117 Å². The van der Waals surface area contributed by atoms with Gasteiger partial charge in [0.2, 0.25) is 0 Å². The molecule has 1 aliphatic carbocycles. The molecule has 5 heteroatoms. The fourth-order valence-corrected chi connectivity index (χ4v) is 5.88. The second-order valence-electron chi connectivity index (χ2n) is 14.7. The Morgan fingerprint density at radius 1 is 0.911 bits per heavy atom. The predicted octanol–water partition coefficient (Wildman–Crippen LogP) is 11.0. The minimum atomic E-state index is -0.417. The maximum absolute atomic E-state index is 11.5. The molecule has 0 aliphatic heterocycles. The van der Waals surface area contributed by atoms with Gasteiger partial charge in [0.1, 0.15) is 17.1 Å². The molecule has 3 aromatic carbocycles. The average Bonchev–Trinajstić information content (AvgIpc) is 3.45. The van der Waals surface area contributed by atoms with Crippen molar-refractivity contribution >= 4 is 27.7 Å². The van der Waals surface area contributed by atoms with Crippen molar-refractivity contribution in [2.24, 2.45) is 10.8 Å². The number of benzene rings is 3. The summed E-state index contributed by atoms with van der Waals surface area (Å²) in [5.41, 5.74) is 8.09. The molecule has 4 nitrogen and oxygen atoms in total. The first-order chi connectivity index (χ1) is 20.5. The van der Waals surface area contributed by atoms with E-state index in [1.807, 2.05) is 53.7 Å². The number of aliphatic hydroxyl groups is 1. The molecule has 2 aromatic heterocycles. The van der Waals surface area contributed by atoms with Gasteiger partial charge in [-0.2, -0.15) is 0 Å². The largest absolute Gasteiger partial charge is 0.512 e. The fraction of sp³-hybridized carbons (Fsp3) is 0.350. The van der Waals surface area contributed by atoms with Crippen molar-refractivity contribution < 1.29 is 34.4 Å². The van der Waals surface area contributed by atoms with Crippen LogP contribution in [0.3, 0.4) is 0 Å². The summed E-state index contributed by atoms with van der Waals surface area (Å²) in [6.45, 7) is 20.2. The van der Waals surface area contributed by atoms with Gasteiger partial charge in [0, 0.05) is 53.3 Å². The zero-order valence-corrected chi connectivity index (χ0v) is 30.4. The monoisotopic (exact) mass is 779 g/mol. The van der Waals surface area contributed by atoms with Gasteiger partial charge < -0.3 is 9.52 Å². The molecule has 6 rings (SSSR count). The number of hydrogen-bond donors (Lipinski definition) is 1. The summed E-state index contributed by atoms with van der Waals surface area (Å²) >= 11 is 0. The van der Waals surface area contributed by atoms with E-state index in [1.54, 1.807) is 0 Å². The SMILES string of the molecule is CC(C)(C)C(=O)/C=C(\O)C(C)(C)C.CC(C)c1cc(-c2[c-]ccc3c2C(C)(C)c2c-3oc3ccccc23)nc2ccccc12.[Ir]. The van der Waals surface area contributed by atoms with Gasteiger partial charge in [-0.05, 0) is 34.7 Å². The fourth-order valence-electron chi connectivity index (χ4n) is 5.88. The van der Waals surface area contributed by atoms with Crippen molar-refractivity contribution in [3.05, 3.63) is 101 Å². The van der Waals surface area contributed by atoms with E-state index in [2.05, 4.69) is 88.4 Å². The van der Waals surface area contributed by atoms with Gasteiger partial charge in [-0.25, -0.2) is 0 Å². The van der Waals surface area contributed by atoms with Crippen LogP contribution in [-0.4, -0.2) is 15.9 Å². The number of aliphatic hydroxyl groups excluding tert-OH is 1. The first-order valence-electron chi connectivity index (χ1n) is 15.4. The van der Waals surface area contributed by atoms with Crippen LogP contribution in [0.4, 0.5) is 0 Å². The number of para-hydroxylation sites is 2. The topological polar surface area (TPSA) is 63.3 Å². The summed E-state index contributed by atoms with van der Waals surface area (Å²) in [5, 5.41) is 12.0. The van der Waals surface area contributed by atoms with E-state index in [9.17, 15) is 9.90 Å². The predicted molar refractivity (Wildman–Crippen MR) is 182 cm³/mol. The molecule has 1 aliphatic rings. The molecule has 0 spiro atoms. The number of nitrogens with zero attached hydrogens (tertiary/aromatic N) is 1. The molecule has 0 amide bonds. The Morgan fingerprint density at radius 2 is 1.53 bits per heavy atom. The molecule has 0 bridgehead atoms. The third kappa shape index (κ3) is 6.44.